The van der Waals surface area contributed by atoms with Crippen LogP contribution in [-0.2, 0) is 4.74 Å². The average Bonchev–Trinajstić information content (AvgIpc) is 2.89. The maximum Gasteiger partial charge on any atom is 0.279 e. The van der Waals surface area contributed by atoms with Crippen LogP contribution in [-0.4, -0.2) is 42.0 Å². The predicted octanol–water partition coefficient (Wildman–Crippen LogP) is 4.15. The van der Waals surface area contributed by atoms with E-state index in [2.05, 4.69) is 31.1 Å². The molecule has 1 aromatic heterocycles. The molecule has 1 amide bonds. The van der Waals surface area contributed by atoms with E-state index >= 15 is 0 Å². The normalized spacial score (nSPS) is 13.7. The van der Waals surface area contributed by atoms with Gasteiger partial charge in [0.25, 0.3) is 5.56 Å². The summed E-state index contributed by atoms with van der Waals surface area (Å²) in [5.41, 5.74) is 7.65. The van der Waals surface area contributed by atoms with Gasteiger partial charge in [-0.25, -0.2) is 0 Å². The molecule has 1 aliphatic rings. The summed E-state index contributed by atoms with van der Waals surface area (Å²) >= 11 is 3.42. The summed E-state index contributed by atoms with van der Waals surface area (Å²) in [5.74, 6) is -0.587. The Balaban J connectivity index is 1.78. The number of hydrogen-bond acceptors (Lipinski definition) is 7. The van der Waals surface area contributed by atoms with Gasteiger partial charge < -0.3 is 15.4 Å². The Kier molecular flexibility index (Phi) is 6.14. The maximum atomic E-state index is 13.6. The molecule has 9 nitrogen and oxygen atoms in total. The number of benzene rings is 3. The van der Waals surface area contributed by atoms with E-state index in [1.54, 1.807) is 54.6 Å². The third-order valence-corrected chi connectivity index (χ3v) is 6.38. The minimum atomic E-state index is -0.587. The minimum absolute atomic E-state index is 0.0879. The van der Waals surface area contributed by atoms with E-state index in [1.165, 1.54) is 4.68 Å². The molecule has 0 atom stereocenters. The molecule has 0 aliphatic carbocycles. The first kappa shape index (κ1) is 22.9. The lowest BCUT2D eigenvalue weighted by Gasteiger charge is -2.29. The maximum absolute atomic E-state index is 13.6. The molecule has 3 aromatic carbocycles. The lowest BCUT2D eigenvalue weighted by atomic mass is 10.0. The molecule has 35 heavy (non-hydrogen) atoms. The van der Waals surface area contributed by atoms with E-state index in [0.29, 0.717) is 58.4 Å². The summed E-state index contributed by atoms with van der Waals surface area (Å²) in [6, 6.07) is 17.2. The number of rotatable bonds is 5. The summed E-state index contributed by atoms with van der Waals surface area (Å²) in [4.78, 5) is 39.2. The quantitative estimate of drug-likeness (QED) is 0.384. The first-order valence-corrected chi connectivity index (χ1v) is 11.7. The SMILES string of the molecule is NC(=O)c1cc(Br)cc(-c2nn(-c3cc(N4CCOCC4)ccc3N=O)c(=O)c3ccccc23)c1. The second-order valence-corrected chi connectivity index (χ2v) is 8.98. The molecule has 4 aromatic rings. The van der Waals surface area contributed by atoms with Crippen molar-refractivity contribution >= 4 is 44.0 Å². The van der Waals surface area contributed by atoms with Gasteiger partial charge in [-0.1, -0.05) is 34.1 Å². The largest absolute Gasteiger partial charge is 0.378 e. The third kappa shape index (κ3) is 4.33. The highest BCUT2D eigenvalue weighted by atomic mass is 79.9. The summed E-state index contributed by atoms with van der Waals surface area (Å²) in [5, 5.41) is 8.83. The van der Waals surface area contributed by atoms with Crippen LogP contribution in [0, 0.1) is 4.91 Å². The van der Waals surface area contributed by atoms with Crippen molar-refractivity contribution in [3.05, 3.63) is 86.0 Å². The second-order valence-electron chi connectivity index (χ2n) is 8.07. The molecule has 5 rings (SSSR count). The monoisotopic (exact) mass is 533 g/mol. The summed E-state index contributed by atoms with van der Waals surface area (Å²) in [6.07, 6.45) is 0. The number of primary amides is 1. The molecule has 176 valence electrons. The van der Waals surface area contributed by atoms with Gasteiger partial charge in [0.05, 0.1) is 24.3 Å². The highest BCUT2D eigenvalue weighted by Gasteiger charge is 2.19. The molecule has 2 N–H and O–H groups in total. The Morgan fingerprint density at radius 2 is 1.77 bits per heavy atom. The third-order valence-electron chi connectivity index (χ3n) is 5.92. The molecule has 0 radical (unpaired) electrons. The zero-order valence-electron chi connectivity index (χ0n) is 18.5. The van der Waals surface area contributed by atoms with Crippen LogP contribution in [0.5, 0.6) is 0 Å². The number of ether oxygens (including phenoxy) is 1. The van der Waals surface area contributed by atoms with Crippen molar-refractivity contribution in [1.82, 2.24) is 9.78 Å². The van der Waals surface area contributed by atoms with E-state index < -0.39 is 11.5 Å². The van der Waals surface area contributed by atoms with E-state index in [0.717, 1.165) is 5.69 Å². The Bertz CT molecular complexity index is 1530. The summed E-state index contributed by atoms with van der Waals surface area (Å²) in [6.45, 7) is 2.55. The van der Waals surface area contributed by atoms with Gasteiger partial charge in [-0.3, -0.25) is 9.59 Å². The number of carbonyl (C=O) groups excluding carboxylic acids is 1. The van der Waals surface area contributed by atoms with Crippen LogP contribution in [0.15, 0.2) is 75.1 Å². The predicted molar refractivity (Wildman–Crippen MR) is 137 cm³/mol. The number of nitrogens with two attached hydrogens (primary N) is 1. The van der Waals surface area contributed by atoms with Crippen molar-refractivity contribution in [2.45, 2.75) is 0 Å². The molecule has 1 aliphatic heterocycles. The number of amides is 1. The van der Waals surface area contributed by atoms with Crippen LogP contribution in [0.3, 0.4) is 0 Å². The lowest BCUT2D eigenvalue weighted by Crippen LogP contribution is -2.36. The smallest absolute Gasteiger partial charge is 0.279 e. The summed E-state index contributed by atoms with van der Waals surface area (Å²) in [7, 11) is 0. The first-order chi connectivity index (χ1) is 17.0. The van der Waals surface area contributed by atoms with Gasteiger partial charge in [0.1, 0.15) is 11.4 Å². The van der Waals surface area contributed by atoms with Crippen LogP contribution in [0.4, 0.5) is 11.4 Å². The van der Waals surface area contributed by atoms with Crippen molar-refractivity contribution in [3.8, 4) is 16.9 Å². The topological polar surface area (TPSA) is 120 Å². The van der Waals surface area contributed by atoms with Gasteiger partial charge in [-0.15, -0.1) is 4.91 Å². The Labute approximate surface area is 208 Å². The molecule has 0 spiro atoms. The van der Waals surface area contributed by atoms with Crippen molar-refractivity contribution < 1.29 is 9.53 Å². The lowest BCUT2D eigenvalue weighted by molar-refractivity contribution is 0.1000. The molecule has 10 heteroatoms. The molecule has 2 heterocycles. The van der Waals surface area contributed by atoms with Crippen molar-refractivity contribution in [2.75, 3.05) is 31.2 Å². The number of nitrogens with zero attached hydrogens (tertiary/aromatic N) is 4. The highest BCUT2D eigenvalue weighted by Crippen LogP contribution is 2.32. The van der Waals surface area contributed by atoms with Gasteiger partial charge >= 0.3 is 0 Å². The second kappa shape index (κ2) is 9.40. The molecular weight excluding hydrogens is 514 g/mol. The zero-order chi connectivity index (χ0) is 24.5. The number of morpholine rings is 1. The van der Waals surface area contributed by atoms with Crippen LogP contribution < -0.4 is 16.2 Å². The molecule has 1 saturated heterocycles. The number of fused-ring (bicyclic) bond motifs is 1. The Morgan fingerprint density at radius 1 is 1.03 bits per heavy atom. The zero-order valence-corrected chi connectivity index (χ0v) is 20.1. The fraction of sp³-hybridized carbons (Fsp3) is 0.160. The first-order valence-electron chi connectivity index (χ1n) is 10.9. The Morgan fingerprint density at radius 3 is 2.49 bits per heavy atom. The molecule has 0 saturated carbocycles. The van der Waals surface area contributed by atoms with Crippen LogP contribution in [0.1, 0.15) is 10.4 Å². The number of anilines is 1. The fourth-order valence-electron chi connectivity index (χ4n) is 4.21. The number of aromatic nitrogens is 2. The number of hydrogen-bond donors (Lipinski definition) is 1. The van der Waals surface area contributed by atoms with Gasteiger partial charge in [-0.05, 0) is 47.6 Å². The van der Waals surface area contributed by atoms with Crippen LogP contribution in [0.25, 0.3) is 27.7 Å². The van der Waals surface area contributed by atoms with Crippen molar-refractivity contribution in [1.29, 1.82) is 0 Å². The van der Waals surface area contributed by atoms with Crippen LogP contribution >= 0.6 is 15.9 Å². The standard InChI is InChI=1S/C25H20BrN5O4/c26-17-12-15(11-16(13-17)24(27)32)23-19-3-1-2-4-20(19)25(33)31(28-23)22-14-18(5-6-21(22)29-34)30-7-9-35-10-8-30/h1-6,11-14H,7-10H2,(H2,27,32). The van der Waals surface area contributed by atoms with E-state index in [9.17, 15) is 14.5 Å². The van der Waals surface area contributed by atoms with Gasteiger partial charge in [0.15, 0.2) is 0 Å². The van der Waals surface area contributed by atoms with Gasteiger partial charge in [-0.2, -0.15) is 9.78 Å². The van der Waals surface area contributed by atoms with Crippen molar-refractivity contribution in [3.63, 3.8) is 0 Å². The van der Waals surface area contributed by atoms with Crippen LogP contribution in [0.2, 0.25) is 0 Å². The molecule has 0 bridgehead atoms. The molecular formula is C25H20BrN5O4. The van der Waals surface area contributed by atoms with E-state index in [-0.39, 0.29) is 11.4 Å². The number of carbonyl (C=O) groups is 1. The van der Waals surface area contributed by atoms with Gasteiger partial charge in [0, 0.05) is 39.8 Å². The summed E-state index contributed by atoms with van der Waals surface area (Å²) < 4.78 is 7.27. The van der Waals surface area contributed by atoms with Crippen molar-refractivity contribution in [2.24, 2.45) is 10.9 Å². The number of nitroso groups, excluding NO2 is 1. The molecule has 0 unspecified atom stereocenters. The van der Waals surface area contributed by atoms with Gasteiger partial charge in [0.2, 0.25) is 5.91 Å². The fourth-order valence-corrected chi connectivity index (χ4v) is 4.70. The van der Waals surface area contributed by atoms with E-state index in [4.69, 9.17) is 10.5 Å². The highest BCUT2D eigenvalue weighted by molar-refractivity contribution is 9.10. The Hall–Kier alpha value is -3.89. The minimum Gasteiger partial charge on any atom is -0.378 e. The number of halogens is 1. The van der Waals surface area contributed by atoms with E-state index in [1.807, 2.05) is 6.07 Å². The molecule has 1 fully saturated rings. The average molecular weight is 534 g/mol.